The van der Waals surface area contributed by atoms with Gasteiger partial charge < -0.3 is 15.0 Å². The molecule has 0 atom stereocenters. The maximum absolute atomic E-state index is 13.4. The van der Waals surface area contributed by atoms with Gasteiger partial charge in [0.15, 0.2) is 0 Å². The van der Waals surface area contributed by atoms with Crippen molar-refractivity contribution < 1.29 is 4.79 Å². The fourth-order valence-corrected chi connectivity index (χ4v) is 4.06. The molecule has 0 spiro atoms. The highest BCUT2D eigenvalue weighted by Crippen LogP contribution is 2.25. The fourth-order valence-electron chi connectivity index (χ4n) is 4.06. The topological polar surface area (TPSA) is 69.3 Å². The van der Waals surface area contributed by atoms with Crippen LogP contribution in [0.25, 0.3) is 16.4 Å². The summed E-state index contributed by atoms with van der Waals surface area (Å²) >= 11 is 0. The van der Waals surface area contributed by atoms with Crippen LogP contribution in [0.3, 0.4) is 0 Å². The van der Waals surface area contributed by atoms with Crippen LogP contribution in [0.1, 0.15) is 21.6 Å². The van der Waals surface area contributed by atoms with Gasteiger partial charge in [-0.1, -0.05) is 42.5 Å². The predicted molar refractivity (Wildman–Crippen MR) is 133 cm³/mol. The van der Waals surface area contributed by atoms with Gasteiger partial charge in [0.2, 0.25) is 5.78 Å². The third-order valence-corrected chi connectivity index (χ3v) is 5.69. The number of ketones is 1. The Morgan fingerprint density at radius 1 is 0.758 bits per heavy atom. The Morgan fingerprint density at radius 2 is 1.42 bits per heavy atom. The summed E-state index contributed by atoms with van der Waals surface area (Å²) in [5, 5.41) is 17.3. The van der Waals surface area contributed by atoms with E-state index in [0.29, 0.717) is 16.8 Å². The molecule has 5 rings (SSSR count). The van der Waals surface area contributed by atoms with Crippen molar-refractivity contribution in [1.29, 1.82) is 5.26 Å². The Labute approximate surface area is 191 Å². The summed E-state index contributed by atoms with van der Waals surface area (Å²) in [4.78, 5) is 13.4. The number of para-hydroxylation sites is 2. The van der Waals surface area contributed by atoms with Crippen LogP contribution in [0.2, 0.25) is 0 Å². The van der Waals surface area contributed by atoms with Gasteiger partial charge in [-0.2, -0.15) is 5.26 Å². The SMILES string of the molecule is N#Cc1cc(C(=O)c2ccc(NCCNc3ccccc3)cc2)n2c1ccc1ccccc12. The van der Waals surface area contributed by atoms with Crippen LogP contribution in [0.4, 0.5) is 11.4 Å². The normalized spacial score (nSPS) is 10.8. The highest BCUT2D eigenvalue weighted by molar-refractivity contribution is 6.10. The van der Waals surface area contributed by atoms with E-state index in [-0.39, 0.29) is 5.78 Å². The second kappa shape index (κ2) is 8.89. The summed E-state index contributed by atoms with van der Waals surface area (Å²) in [7, 11) is 0. The van der Waals surface area contributed by atoms with E-state index in [1.807, 2.05) is 95.4 Å². The Hall–Kier alpha value is -4.56. The number of nitriles is 1. The first kappa shape index (κ1) is 20.3. The highest BCUT2D eigenvalue weighted by Gasteiger charge is 2.18. The molecule has 0 saturated carbocycles. The van der Waals surface area contributed by atoms with E-state index < -0.39 is 0 Å². The molecule has 0 saturated heterocycles. The molecule has 2 heterocycles. The molecule has 0 amide bonds. The van der Waals surface area contributed by atoms with Crippen molar-refractivity contribution in [2.24, 2.45) is 0 Å². The van der Waals surface area contributed by atoms with Crippen molar-refractivity contribution in [3.05, 3.63) is 114 Å². The molecule has 0 radical (unpaired) electrons. The van der Waals surface area contributed by atoms with Crippen molar-refractivity contribution >= 4 is 33.6 Å². The minimum Gasteiger partial charge on any atom is -0.383 e. The number of nitrogens with zero attached hydrogens (tertiary/aromatic N) is 2. The zero-order valence-corrected chi connectivity index (χ0v) is 18.0. The van der Waals surface area contributed by atoms with E-state index >= 15 is 0 Å². The van der Waals surface area contributed by atoms with Gasteiger partial charge in [-0.05, 0) is 60.0 Å². The first-order chi connectivity index (χ1) is 16.2. The molecule has 3 aromatic carbocycles. The van der Waals surface area contributed by atoms with Gasteiger partial charge in [0, 0.05) is 30.0 Å². The quantitative estimate of drug-likeness (QED) is 0.256. The van der Waals surface area contributed by atoms with Crippen LogP contribution in [0.5, 0.6) is 0 Å². The van der Waals surface area contributed by atoms with Crippen LogP contribution in [-0.4, -0.2) is 23.3 Å². The third kappa shape index (κ3) is 4.02. The van der Waals surface area contributed by atoms with E-state index in [2.05, 4.69) is 16.7 Å². The zero-order valence-electron chi connectivity index (χ0n) is 18.0. The van der Waals surface area contributed by atoms with Crippen LogP contribution < -0.4 is 10.6 Å². The number of pyridine rings is 1. The number of aromatic nitrogens is 1. The molecule has 33 heavy (non-hydrogen) atoms. The Kier molecular flexibility index (Phi) is 5.48. The average Bonchev–Trinajstić information content (AvgIpc) is 3.26. The molecule has 2 aromatic heterocycles. The molecule has 0 aliphatic rings. The number of hydrogen-bond acceptors (Lipinski definition) is 4. The number of hydrogen-bond donors (Lipinski definition) is 2. The maximum Gasteiger partial charge on any atom is 0.209 e. The van der Waals surface area contributed by atoms with E-state index in [0.717, 1.165) is 40.9 Å². The van der Waals surface area contributed by atoms with Crippen molar-refractivity contribution in [3.8, 4) is 6.07 Å². The van der Waals surface area contributed by atoms with Gasteiger partial charge in [0.05, 0.1) is 22.3 Å². The van der Waals surface area contributed by atoms with Gasteiger partial charge in [-0.15, -0.1) is 0 Å². The summed E-state index contributed by atoms with van der Waals surface area (Å²) in [6, 6.07) is 33.2. The second-order valence-corrected chi connectivity index (χ2v) is 7.79. The Morgan fingerprint density at radius 3 is 2.15 bits per heavy atom. The molecular formula is C28H22N4O. The number of nitrogens with one attached hydrogen (secondary N) is 2. The molecule has 2 N–H and O–H groups in total. The van der Waals surface area contributed by atoms with Gasteiger partial charge in [-0.25, -0.2) is 0 Å². The number of rotatable bonds is 7. The van der Waals surface area contributed by atoms with E-state index in [4.69, 9.17) is 0 Å². The average molecular weight is 431 g/mol. The highest BCUT2D eigenvalue weighted by atomic mass is 16.1. The lowest BCUT2D eigenvalue weighted by atomic mass is 10.1. The molecule has 5 aromatic rings. The summed E-state index contributed by atoms with van der Waals surface area (Å²) in [6.45, 7) is 1.54. The van der Waals surface area contributed by atoms with Crippen LogP contribution in [0.15, 0.2) is 97.1 Å². The number of carbonyl (C=O) groups is 1. The van der Waals surface area contributed by atoms with E-state index in [1.54, 1.807) is 6.07 Å². The lowest BCUT2D eigenvalue weighted by molar-refractivity contribution is 0.103. The van der Waals surface area contributed by atoms with Crippen LogP contribution in [0, 0.1) is 11.3 Å². The Balaban J connectivity index is 1.35. The summed E-state index contributed by atoms with van der Waals surface area (Å²) in [6.07, 6.45) is 0. The van der Waals surface area contributed by atoms with Gasteiger partial charge in [0.1, 0.15) is 6.07 Å². The molecular weight excluding hydrogens is 408 g/mol. The molecule has 0 aliphatic carbocycles. The largest absolute Gasteiger partial charge is 0.383 e. The summed E-state index contributed by atoms with van der Waals surface area (Å²) in [5.41, 5.74) is 5.25. The molecule has 160 valence electrons. The summed E-state index contributed by atoms with van der Waals surface area (Å²) < 4.78 is 1.89. The molecule has 0 aliphatic heterocycles. The monoisotopic (exact) mass is 430 g/mol. The van der Waals surface area contributed by atoms with Crippen molar-refractivity contribution in [2.45, 2.75) is 0 Å². The molecule has 0 unspecified atom stereocenters. The van der Waals surface area contributed by atoms with Gasteiger partial charge in [0.25, 0.3) is 0 Å². The lowest BCUT2D eigenvalue weighted by Crippen LogP contribution is -2.13. The minimum absolute atomic E-state index is 0.111. The fraction of sp³-hybridized carbons (Fsp3) is 0.0714. The molecule has 5 heteroatoms. The zero-order chi connectivity index (χ0) is 22.6. The first-order valence-corrected chi connectivity index (χ1v) is 10.9. The smallest absolute Gasteiger partial charge is 0.209 e. The molecule has 5 nitrogen and oxygen atoms in total. The minimum atomic E-state index is -0.111. The number of fused-ring (bicyclic) bond motifs is 3. The van der Waals surface area contributed by atoms with Crippen molar-refractivity contribution in [3.63, 3.8) is 0 Å². The van der Waals surface area contributed by atoms with Crippen molar-refractivity contribution in [2.75, 3.05) is 23.7 Å². The lowest BCUT2D eigenvalue weighted by Gasteiger charge is -2.10. The van der Waals surface area contributed by atoms with Gasteiger partial charge >= 0.3 is 0 Å². The van der Waals surface area contributed by atoms with E-state index in [1.165, 1.54) is 0 Å². The maximum atomic E-state index is 13.4. The van der Waals surface area contributed by atoms with E-state index in [9.17, 15) is 10.1 Å². The van der Waals surface area contributed by atoms with Crippen LogP contribution >= 0.6 is 0 Å². The third-order valence-electron chi connectivity index (χ3n) is 5.69. The first-order valence-electron chi connectivity index (χ1n) is 10.9. The number of benzene rings is 3. The Bertz CT molecular complexity index is 1480. The van der Waals surface area contributed by atoms with Crippen LogP contribution in [-0.2, 0) is 0 Å². The van der Waals surface area contributed by atoms with Gasteiger partial charge in [-0.3, -0.25) is 4.79 Å². The number of anilines is 2. The second-order valence-electron chi connectivity index (χ2n) is 7.79. The molecule has 0 fully saturated rings. The summed E-state index contributed by atoms with van der Waals surface area (Å²) in [5.74, 6) is -0.111. The number of carbonyl (C=O) groups excluding carboxylic acids is 1. The molecule has 0 bridgehead atoms. The van der Waals surface area contributed by atoms with Crippen molar-refractivity contribution in [1.82, 2.24) is 4.40 Å². The predicted octanol–water partition coefficient (Wildman–Crippen LogP) is 5.72. The standard InChI is InChI=1S/C28H22N4O/c29-19-22-18-27(32-25-9-5-4-6-20(25)12-15-26(22)32)28(33)21-10-13-24(14-11-21)31-17-16-30-23-7-2-1-3-8-23/h1-15,18,30-31H,16-17H2.